The van der Waals surface area contributed by atoms with E-state index in [0.717, 1.165) is 50.3 Å². The van der Waals surface area contributed by atoms with Crippen molar-refractivity contribution in [2.75, 3.05) is 39.3 Å². The Balaban J connectivity index is 1.68. The third-order valence-corrected chi connectivity index (χ3v) is 7.26. The Morgan fingerprint density at radius 3 is 2.50 bits per heavy atom. The SMILES string of the molecule is C#Cc1ccc(CNC(=O)[C@@H]2C[C@@H](O)CN2C(=O)[C@H](NC(C)C)C(C)(C)CCN2CCNCC2)cc1. The second-order valence-electron chi connectivity index (χ2n) is 11.0. The topological polar surface area (TPSA) is 96.9 Å². The average molecular weight is 498 g/mol. The molecule has 3 atom stereocenters. The van der Waals surface area contributed by atoms with Crippen LogP contribution in [-0.4, -0.2) is 90.2 Å². The Bertz CT molecular complexity index is 918. The molecule has 0 aliphatic carbocycles. The van der Waals surface area contributed by atoms with E-state index in [4.69, 9.17) is 6.42 Å². The normalized spacial score (nSPS) is 21.9. The van der Waals surface area contributed by atoms with Crippen LogP contribution in [0.25, 0.3) is 0 Å². The summed E-state index contributed by atoms with van der Waals surface area (Å²) in [7, 11) is 0. The van der Waals surface area contributed by atoms with Gasteiger partial charge in [0, 0.05) is 57.3 Å². The Kier molecular flexibility index (Phi) is 9.92. The first-order valence-corrected chi connectivity index (χ1v) is 13.1. The molecule has 36 heavy (non-hydrogen) atoms. The third-order valence-electron chi connectivity index (χ3n) is 7.26. The third kappa shape index (κ3) is 7.53. The van der Waals surface area contributed by atoms with Crippen molar-refractivity contribution >= 4 is 11.8 Å². The Labute approximate surface area is 216 Å². The Hall–Kier alpha value is -2.44. The highest BCUT2D eigenvalue weighted by Crippen LogP contribution is 2.30. The van der Waals surface area contributed by atoms with Crippen molar-refractivity contribution in [1.29, 1.82) is 0 Å². The van der Waals surface area contributed by atoms with Crippen molar-refractivity contribution in [3.8, 4) is 12.3 Å². The number of likely N-dealkylation sites (tertiary alicyclic amines) is 1. The minimum Gasteiger partial charge on any atom is -0.391 e. The number of carbonyl (C=O) groups is 2. The van der Waals surface area contributed by atoms with Crippen molar-refractivity contribution in [3.05, 3.63) is 35.4 Å². The molecule has 2 saturated heterocycles. The van der Waals surface area contributed by atoms with Crippen LogP contribution in [0.15, 0.2) is 24.3 Å². The number of aliphatic hydroxyl groups is 1. The summed E-state index contributed by atoms with van der Waals surface area (Å²) in [5, 5.41) is 20.2. The van der Waals surface area contributed by atoms with Crippen molar-refractivity contribution < 1.29 is 14.7 Å². The molecule has 2 amide bonds. The average Bonchev–Trinajstić information content (AvgIpc) is 3.26. The van der Waals surface area contributed by atoms with E-state index in [1.165, 1.54) is 0 Å². The Morgan fingerprint density at radius 2 is 1.89 bits per heavy atom. The largest absolute Gasteiger partial charge is 0.391 e. The summed E-state index contributed by atoms with van der Waals surface area (Å²) < 4.78 is 0. The van der Waals surface area contributed by atoms with Gasteiger partial charge in [0.15, 0.2) is 0 Å². The number of benzene rings is 1. The fourth-order valence-electron chi connectivity index (χ4n) is 4.99. The molecule has 0 saturated carbocycles. The number of hydrogen-bond acceptors (Lipinski definition) is 6. The number of amides is 2. The molecule has 2 aliphatic rings. The molecule has 0 aromatic heterocycles. The number of nitrogens with one attached hydrogen (secondary N) is 3. The quantitative estimate of drug-likeness (QED) is 0.359. The lowest BCUT2D eigenvalue weighted by Gasteiger charge is -2.40. The second-order valence-corrected chi connectivity index (χ2v) is 11.0. The van der Waals surface area contributed by atoms with Gasteiger partial charge in [-0.1, -0.05) is 45.7 Å². The van der Waals surface area contributed by atoms with Gasteiger partial charge in [0.25, 0.3) is 0 Å². The summed E-state index contributed by atoms with van der Waals surface area (Å²) >= 11 is 0. The molecule has 4 N–H and O–H groups in total. The van der Waals surface area contributed by atoms with Crippen molar-refractivity contribution in [1.82, 2.24) is 25.8 Å². The first-order valence-electron chi connectivity index (χ1n) is 13.1. The van der Waals surface area contributed by atoms with E-state index in [-0.39, 0.29) is 36.2 Å². The molecule has 1 aromatic carbocycles. The minimum atomic E-state index is -0.719. The van der Waals surface area contributed by atoms with E-state index < -0.39 is 18.2 Å². The van der Waals surface area contributed by atoms with Crippen LogP contribution in [0.1, 0.15) is 51.7 Å². The molecule has 0 spiro atoms. The molecule has 0 bridgehead atoms. The second kappa shape index (κ2) is 12.7. The molecular formula is C28H43N5O3. The summed E-state index contributed by atoms with van der Waals surface area (Å²) in [4.78, 5) is 31.1. The molecular weight excluding hydrogens is 454 g/mol. The highest BCUT2D eigenvalue weighted by atomic mass is 16.3. The fraction of sp³-hybridized carbons (Fsp3) is 0.643. The van der Waals surface area contributed by atoms with E-state index in [9.17, 15) is 14.7 Å². The number of aliphatic hydroxyl groups excluding tert-OH is 1. The van der Waals surface area contributed by atoms with Gasteiger partial charge in [0.1, 0.15) is 6.04 Å². The lowest BCUT2D eigenvalue weighted by molar-refractivity contribution is -0.142. The molecule has 2 heterocycles. The van der Waals surface area contributed by atoms with Crippen LogP contribution < -0.4 is 16.0 Å². The van der Waals surface area contributed by atoms with Crippen LogP contribution in [0.2, 0.25) is 0 Å². The lowest BCUT2D eigenvalue weighted by atomic mass is 9.79. The Morgan fingerprint density at radius 1 is 1.22 bits per heavy atom. The van der Waals surface area contributed by atoms with Gasteiger partial charge >= 0.3 is 0 Å². The van der Waals surface area contributed by atoms with Gasteiger partial charge in [-0.05, 0) is 36.1 Å². The van der Waals surface area contributed by atoms with E-state index in [0.29, 0.717) is 6.54 Å². The van der Waals surface area contributed by atoms with Crippen LogP contribution in [0.3, 0.4) is 0 Å². The highest BCUT2D eigenvalue weighted by Gasteiger charge is 2.45. The molecule has 8 heteroatoms. The maximum absolute atomic E-state index is 13.9. The maximum Gasteiger partial charge on any atom is 0.243 e. The van der Waals surface area contributed by atoms with Gasteiger partial charge in [-0.3, -0.25) is 9.59 Å². The van der Waals surface area contributed by atoms with Crippen molar-refractivity contribution in [3.63, 3.8) is 0 Å². The number of nitrogens with zero attached hydrogens (tertiary/aromatic N) is 2. The van der Waals surface area contributed by atoms with Gasteiger partial charge in [-0.15, -0.1) is 6.42 Å². The van der Waals surface area contributed by atoms with E-state index in [1.807, 2.05) is 38.1 Å². The summed E-state index contributed by atoms with van der Waals surface area (Å²) in [5.74, 6) is 2.21. The predicted molar refractivity (Wildman–Crippen MR) is 142 cm³/mol. The number of β-amino-alcohol motifs (C(OH)–C–C–N with tert-alkyl or cyclic N) is 1. The molecule has 8 nitrogen and oxygen atoms in total. The summed E-state index contributed by atoms with van der Waals surface area (Å²) in [6, 6.07) is 6.37. The van der Waals surface area contributed by atoms with Crippen LogP contribution in [0.5, 0.6) is 0 Å². The molecule has 0 unspecified atom stereocenters. The van der Waals surface area contributed by atoms with Crippen LogP contribution >= 0.6 is 0 Å². The highest BCUT2D eigenvalue weighted by molar-refractivity contribution is 5.91. The standard InChI is InChI=1S/C28H43N5O3/c1-6-21-7-9-22(10-8-21)18-30-26(35)24-17-23(34)19-33(24)27(36)25(31-20(2)3)28(4,5)11-14-32-15-12-29-13-16-32/h1,7-10,20,23-25,29,31,34H,11-19H2,2-5H3,(H,30,35)/t23-,24+,25+/m1/s1. The number of terminal acetylenes is 1. The zero-order valence-electron chi connectivity index (χ0n) is 22.2. The number of hydrogen-bond donors (Lipinski definition) is 4. The summed E-state index contributed by atoms with van der Waals surface area (Å²) in [5.41, 5.74) is 1.37. The summed E-state index contributed by atoms with van der Waals surface area (Å²) in [6.07, 6.45) is 5.78. The van der Waals surface area contributed by atoms with Crippen molar-refractivity contribution in [2.45, 2.75) is 71.3 Å². The van der Waals surface area contributed by atoms with Crippen LogP contribution in [0.4, 0.5) is 0 Å². The monoisotopic (exact) mass is 497 g/mol. The van der Waals surface area contributed by atoms with Crippen LogP contribution in [0, 0.1) is 17.8 Å². The lowest BCUT2D eigenvalue weighted by Crippen LogP contribution is -2.59. The van der Waals surface area contributed by atoms with Gasteiger partial charge < -0.3 is 30.9 Å². The van der Waals surface area contributed by atoms with Crippen molar-refractivity contribution in [2.24, 2.45) is 5.41 Å². The zero-order valence-corrected chi connectivity index (χ0v) is 22.2. The van der Waals surface area contributed by atoms with E-state index in [1.54, 1.807) is 4.90 Å². The number of rotatable bonds is 10. The summed E-state index contributed by atoms with van der Waals surface area (Å²) in [6.45, 7) is 13.7. The first kappa shape index (κ1) is 28.1. The predicted octanol–water partition coefficient (Wildman–Crippen LogP) is 0.934. The van der Waals surface area contributed by atoms with E-state index >= 15 is 0 Å². The van der Waals surface area contributed by atoms with Crippen LogP contribution in [-0.2, 0) is 16.1 Å². The fourth-order valence-corrected chi connectivity index (χ4v) is 4.99. The van der Waals surface area contributed by atoms with Gasteiger partial charge in [0.2, 0.25) is 11.8 Å². The maximum atomic E-state index is 13.9. The van der Waals surface area contributed by atoms with Gasteiger partial charge in [-0.2, -0.15) is 0 Å². The minimum absolute atomic E-state index is 0.100. The number of carbonyl (C=O) groups excluding carboxylic acids is 2. The van der Waals surface area contributed by atoms with E-state index in [2.05, 4.69) is 40.6 Å². The molecule has 2 aliphatic heterocycles. The smallest absolute Gasteiger partial charge is 0.243 e. The molecule has 3 rings (SSSR count). The van der Waals surface area contributed by atoms with Gasteiger partial charge in [-0.25, -0.2) is 0 Å². The number of piperazine rings is 1. The molecule has 0 radical (unpaired) electrons. The molecule has 1 aromatic rings. The zero-order chi connectivity index (χ0) is 26.3. The molecule has 2 fully saturated rings. The molecule has 198 valence electrons. The van der Waals surface area contributed by atoms with Gasteiger partial charge in [0.05, 0.1) is 12.1 Å². The first-order chi connectivity index (χ1) is 17.1.